The van der Waals surface area contributed by atoms with Gasteiger partial charge in [0.2, 0.25) is 0 Å². The molecule has 88 valence electrons. The van der Waals surface area contributed by atoms with E-state index >= 15 is 0 Å². The van der Waals surface area contributed by atoms with Crippen molar-refractivity contribution in [2.75, 3.05) is 0 Å². The number of benzene rings is 1. The molecule has 17 heavy (non-hydrogen) atoms. The van der Waals surface area contributed by atoms with Gasteiger partial charge in [0.15, 0.2) is 6.29 Å². The van der Waals surface area contributed by atoms with Crippen molar-refractivity contribution in [1.29, 1.82) is 0 Å². The first-order valence-corrected chi connectivity index (χ1v) is 6.33. The van der Waals surface area contributed by atoms with Gasteiger partial charge in [-0.05, 0) is 40.5 Å². The van der Waals surface area contributed by atoms with Gasteiger partial charge in [0.05, 0.1) is 0 Å². The topological polar surface area (TPSA) is 34.9 Å². The Kier molecular flexibility index (Phi) is 3.74. The lowest BCUT2D eigenvalue weighted by Gasteiger charge is -2.08. The molecule has 0 aliphatic carbocycles. The van der Waals surface area contributed by atoms with Gasteiger partial charge in [-0.25, -0.2) is 4.98 Å². The quantitative estimate of drug-likeness (QED) is 0.810. The van der Waals surface area contributed by atoms with Crippen LogP contribution in [0, 0.1) is 0 Å². The first-order valence-electron chi connectivity index (χ1n) is 5.53. The maximum absolute atomic E-state index is 10.7. The monoisotopic (exact) mass is 292 g/mol. The van der Waals surface area contributed by atoms with Crippen LogP contribution in [0.15, 0.2) is 35.1 Å². The van der Waals surface area contributed by atoms with Crippen molar-refractivity contribution >= 4 is 22.2 Å². The Morgan fingerprint density at radius 3 is 2.94 bits per heavy atom. The van der Waals surface area contributed by atoms with Crippen LogP contribution in [0.5, 0.6) is 0 Å². The van der Waals surface area contributed by atoms with Crippen LogP contribution in [0.2, 0.25) is 0 Å². The molecule has 0 saturated carbocycles. The number of halogens is 1. The SMILES string of the molecule is CCCc1nccn1-c1ccc(C=O)c(Br)c1. The molecule has 0 radical (unpaired) electrons. The number of imidazole rings is 1. The van der Waals surface area contributed by atoms with Crippen LogP contribution in [-0.2, 0) is 6.42 Å². The van der Waals surface area contributed by atoms with Gasteiger partial charge in [-0.2, -0.15) is 0 Å². The second-order valence-corrected chi connectivity index (χ2v) is 4.64. The van der Waals surface area contributed by atoms with Gasteiger partial charge in [0, 0.05) is 34.5 Å². The zero-order valence-electron chi connectivity index (χ0n) is 9.56. The Morgan fingerprint density at radius 1 is 1.47 bits per heavy atom. The lowest BCUT2D eigenvalue weighted by Crippen LogP contribution is -2.00. The number of hydrogen-bond acceptors (Lipinski definition) is 2. The van der Waals surface area contributed by atoms with Crippen molar-refractivity contribution in [3.8, 4) is 5.69 Å². The maximum Gasteiger partial charge on any atom is 0.151 e. The van der Waals surface area contributed by atoms with E-state index in [1.54, 1.807) is 6.20 Å². The van der Waals surface area contributed by atoms with Crippen LogP contribution in [0.4, 0.5) is 0 Å². The molecule has 1 aromatic heterocycles. The summed E-state index contributed by atoms with van der Waals surface area (Å²) in [6.07, 6.45) is 6.58. The number of aryl methyl sites for hydroxylation is 1. The number of carbonyl (C=O) groups is 1. The highest BCUT2D eigenvalue weighted by Crippen LogP contribution is 2.20. The highest BCUT2D eigenvalue weighted by Gasteiger charge is 2.06. The highest BCUT2D eigenvalue weighted by molar-refractivity contribution is 9.10. The Balaban J connectivity index is 2.42. The van der Waals surface area contributed by atoms with Gasteiger partial charge in [-0.3, -0.25) is 4.79 Å². The summed E-state index contributed by atoms with van der Waals surface area (Å²) in [5, 5.41) is 0. The minimum absolute atomic E-state index is 0.658. The fraction of sp³-hybridized carbons (Fsp3) is 0.231. The van der Waals surface area contributed by atoms with E-state index in [4.69, 9.17) is 0 Å². The fourth-order valence-corrected chi connectivity index (χ4v) is 2.20. The molecule has 3 nitrogen and oxygen atoms in total. The lowest BCUT2D eigenvalue weighted by atomic mass is 10.2. The average molecular weight is 293 g/mol. The van der Waals surface area contributed by atoms with Crippen molar-refractivity contribution in [3.05, 3.63) is 46.5 Å². The zero-order valence-corrected chi connectivity index (χ0v) is 11.1. The third-order valence-electron chi connectivity index (χ3n) is 2.58. The molecule has 1 heterocycles. The summed E-state index contributed by atoms with van der Waals surface area (Å²) in [7, 11) is 0. The van der Waals surface area contributed by atoms with Gasteiger partial charge < -0.3 is 4.57 Å². The second kappa shape index (κ2) is 5.27. The molecule has 0 spiro atoms. The minimum atomic E-state index is 0.658. The number of aldehydes is 1. The van der Waals surface area contributed by atoms with Crippen molar-refractivity contribution in [3.63, 3.8) is 0 Å². The molecule has 0 fully saturated rings. The summed E-state index contributed by atoms with van der Waals surface area (Å²) in [6, 6.07) is 5.67. The first-order chi connectivity index (χ1) is 8.26. The molecule has 0 aliphatic heterocycles. The number of aromatic nitrogens is 2. The molecule has 0 amide bonds. The summed E-state index contributed by atoms with van der Waals surface area (Å²) >= 11 is 3.39. The van der Waals surface area contributed by atoms with Crippen molar-refractivity contribution in [2.45, 2.75) is 19.8 Å². The van der Waals surface area contributed by atoms with Gasteiger partial charge in [0.25, 0.3) is 0 Å². The van der Waals surface area contributed by atoms with Crippen LogP contribution in [0.1, 0.15) is 29.5 Å². The van der Waals surface area contributed by atoms with Crippen LogP contribution in [0.25, 0.3) is 5.69 Å². The van der Waals surface area contributed by atoms with Gasteiger partial charge in [-0.1, -0.05) is 6.92 Å². The van der Waals surface area contributed by atoms with E-state index in [9.17, 15) is 4.79 Å². The second-order valence-electron chi connectivity index (χ2n) is 3.79. The standard InChI is InChI=1S/C13H13BrN2O/c1-2-3-13-15-6-7-16(13)11-5-4-10(9-17)12(14)8-11/h4-9H,2-3H2,1H3. The number of hydrogen-bond donors (Lipinski definition) is 0. The first kappa shape index (κ1) is 12.0. The molecule has 2 rings (SSSR count). The zero-order chi connectivity index (χ0) is 12.3. The molecule has 0 bridgehead atoms. The van der Waals surface area contributed by atoms with E-state index in [0.29, 0.717) is 5.56 Å². The Bertz CT molecular complexity index is 534. The summed E-state index contributed by atoms with van der Waals surface area (Å²) in [5.41, 5.74) is 1.68. The largest absolute Gasteiger partial charge is 0.304 e. The molecular weight excluding hydrogens is 280 g/mol. The van der Waals surface area contributed by atoms with Crippen molar-refractivity contribution < 1.29 is 4.79 Å². The summed E-state index contributed by atoms with van der Waals surface area (Å²) in [5.74, 6) is 1.04. The van der Waals surface area contributed by atoms with E-state index in [1.165, 1.54) is 0 Å². The normalized spacial score (nSPS) is 10.5. The molecule has 4 heteroatoms. The Morgan fingerprint density at radius 2 is 2.29 bits per heavy atom. The maximum atomic E-state index is 10.7. The molecule has 0 unspecified atom stereocenters. The van der Waals surface area contributed by atoms with E-state index < -0.39 is 0 Å². The van der Waals surface area contributed by atoms with Crippen molar-refractivity contribution in [1.82, 2.24) is 9.55 Å². The van der Waals surface area contributed by atoms with Gasteiger partial charge in [-0.15, -0.1) is 0 Å². The van der Waals surface area contributed by atoms with Gasteiger partial charge >= 0.3 is 0 Å². The Hall–Kier alpha value is -1.42. The van der Waals surface area contributed by atoms with Crippen molar-refractivity contribution in [2.24, 2.45) is 0 Å². The van der Waals surface area contributed by atoms with Crippen LogP contribution >= 0.6 is 15.9 Å². The van der Waals surface area contributed by atoms with E-state index in [1.807, 2.05) is 29.0 Å². The fourth-order valence-electron chi connectivity index (χ4n) is 1.74. The van der Waals surface area contributed by atoms with E-state index in [-0.39, 0.29) is 0 Å². The smallest absolute Gasteiger partial charge is 0.151 e. The molecule has 0 atom stereocenters. The average Bonchev–Trinajstić information content (AvgIpc) is 2.78. The minimum Gasteiger partial charge on any atom is -0.304 e. The summed E-state index contributed by atoms with van der Waals surface area (Å²) in [4.78, 5) is 15.1. The molecule has 1 aromatic carbocycles. The summed E-state index contributed by atoms with van der Waals surface area (Å²) < 4.78 is 2.85. The molecule has 0 N–H and O–H groups in total. The number of rotatable bonds is 4. The van der Waals surface area contributed by atoms with Crippen LogP contribution in [0.3, 0.4) is 0 Å². The third kappa shape index (κ3) is 2.47. The summed E-state index contributed by atoms with van der Waals surface area (Å²) in [6.45, 7) is 2.13. The number of nitrogens with zero attached hydrogens (tertiary/aromatic N) is 2. The molecule has 0 aliphatic rings. The molecule has 2 aromatic rings. The van der Waals surface area contributed by atoms with Crippen LogP contribution < -0.4 is 0 Å². The van der Waals surface area contributed by atoms with E-state index in [0.717, 1.165) is 35.1 Å². The van der Waals surface area contributed by atoms with Gasteiger partial charge in [0.1, 0.15) is 5.82 Å². The molecule has 0 saturated heterocycles. The Labute approximate surface area is 109 Å². The third-order valence-corrected chi connectivity index (χ3v) is 3.27. The van der Waals surface area contributed by atoms with E-state index in [2.05, 4.69) is 27.8 Å². The number of carbonyl (C=O) groups excluding carboxylic acids is 1. The lowest BCUT2D eigenvalue weighted by molar-refractivity contribution is 0.112. The predicted octanol–water partition coefficient (Wildman–Crippen LogP) is 3.40. The van der Waals surface area contributed by atoms with Crippen LogP contribution in [-0.4, -0.2) is 15.8 Å². The highest BCUT2D eigenvalue weighted by atomic mass is 79.9. The molecular formula is C13H13BrN2O. The predicted molar refractivity (Wildman–Crippen MR) is 70.6 cm³/mol.